The molecule has 2 amide bonds. The second-order valence-electron chi connectivity index (χ2n) is 9.28. The molecular weight excluding hydrogens is 470 g/mol. The van der Waals surface area contributed by atoms with Gasteiger partial charge in [-0.2, -0.15) is 0 Å². The van der Waals surface area contributed by atoms with Gasteiger partial charge in [-0.25, -0.2) is 9.59 Å². The highest BCUT2D eigenvalue weighted by Gasteiger charge is 2.60. The van der Waals surface area contributed by atoms with Gasteiger partial charge in [0.05, 0.1) is 18.1 Å². The standard InChI is InChI=1S/C25H31N3O6S/c1-4-11-34-25(33)27-13-18(12-17(27)9-8-16-7-5-6-10-26-16)35-22-14(2)20-19(15(3)29)23(30)28(20)21(22)24(31)32/h4-7,10,14-15,17-20,29H,1,8-9,11-13H2,2-3H3,(H,31,32)/t14-,15-,17+,18+,19-,20-/m1/s1. The summed E-state index contributed by atoms with van der Waals surface area (Å²) in [5, 5.41) is 19.9. The maximum absolute atomic E-state index is 12.8. The molecular formula is C25H31N3O6S. The summed E-state index contributed by atoms with van der Waals surface area (Å²) < 4.78 is 5.31. The number of ether oxygens (including phenoxy) is 1. The number of amides is 2. The van der Waals surface area contributed by atoms with Gasteiger partial charge in [-0.1, -0.05) is 25.6 Å². The summed E-state index contributed by atoms with van der Waals surface area (Å²) in [6, 6.07) is 5.30. The van der Waals surface area contributed by atoms with Crippen molar-refractivity contribution in [2.24, 2.45) is 11.8 Å². The number of pyridine rings is 1. The highest BCUT2D eigenvalue weighted by atomic mass is 32.2. The molecule has 0 unspecified atom stereocenters. The summed E-state index contributed by atoms with van der Waals surface area (Å²) in [6.07, 6.45) is 4.08. The summed E-state index contributed by atoms with van der Waals surface area (Å²) in [5.41, 5.74) is 0.947. The number of carboxylic acids is 1. The first-order chi connectivity index (χ1) is 16.7. The van der Waals surface area contributed by atoms with E-state index in [1.807, 2.05) is 25.1 Å². The maximum Gasteiger partial charge on any atom is 0.410 e. The minimum atomic E-state index is -1.15. The average Bonchev–Trinajstić information content (AvgIpc) is 3.34. The molecule has 2 N–H and O–H groups in total. The predicted octanol–water partition coefficient (Wildman–Crippen LogP) is 2.67. The fourth-order valence-corrected chi connectivity index (χ4v) is 6.95. The number of carbonyl (C=O) groups excluding carboxylic acids is 2. The number of β-lactam (4-membered cyclic amide) rings is 1. The smallest absolute Gasteiger partial charge is 0.410 e. The van der Waals surface area contributed by atoms with E-state index in [1.54, 1.807) is 18.0 Å². The third kappa shape index (κ3) is 4.81. The topological polar surface area (TPSA) is 120 Å². The van der Waals surface area contributed by atoms with Crippen LogP contribution in [0.2, 0.25) is 0 Å². The molecule has 9 nitrogen and oxygen atoms in total. The molecule has 6 atom stereocenters. The van der Waals surface area contributed by atoms with Gasteiger partial charge in [-0.15, -0.1) is 11.8 Å². The lowest BCUT2D eigenvalue weighted by molar-refractivity contribution is -0.163. The van der Waals surface area contributed by atoms with Crippen LogP contribution in [0.3, 0.4) is 0 Å². The lowest BCUT2D eigenvalue weighted by Gasteiger charge is -2.46. The van der Waals surface area contributed by atoms with Crippen molar-refractivity contribution in [2.75, 3.05) is 13.2 Å². The van der Waals surface area contributed by atoms with E-state index in [0.29, 0.717) is 30.7 Å². The highest BCUT2D eigenvalue weighted by Crippen LogP contribution is 2.52. The number of thioether (sulfide) groups is 1. The van der Waals surface area contributed by atoms with Crippen molar-refractivity contribution in [2.45, 2.75) is 56.5 Å². The minimum Gasteiger partial charge on any atom is -0.477 e. The highest BCUT2D eigenvalue weighted by molar-refractivity contribution is 8.03. The van der Waals surface area contributed by atoms with Gasteiger partial charge in [-0.3, -0.25) is 9.78 Å². The first-order valence-electron chi connectivity index (χ1n) is 11.8. The number of carboxylic acid groups (broad SMARTS) is 1. The number of aromatic nitrogens is 1. The zero-order valence-corrected chi connectivity index (χ0v) is 20.7. The summed E-state index contributed by atoms with van der Waals surface area (Å²) in [5.74, 6) is -2.31. The molecule has 3 aliphatic rings. The Balaban J connectivity index is 1.52. The molecule has 3 aliphatic heterocycles. The maximum atomic E-state index is 12.8. The van der Waals surface area contributed by atoms with Crippen molar-refractivity contribution in [1.82, 2.24) is 14.8 Å². The molecule has 2 saturated heterocycles. The summed E-state index contributed by atoms with van der Waals surface area (Å²) in [6.45, 7) is 7.59. The van der Waals surface area contributed by atoms with Gasteiger partial charge in [0.15, 0.2) is 0 Å². The number of hydrogen-bond acceptors (Lipinski definition) is 7. The quantitative estimate of drug-likeness (QED) is 0.391. The Morgan fingerprint density at radius 3 is 2.80 bits per heavy atom. The zero-order valence-electron chi connectivity index (χ0n) is 19.9. The third-order valence-electron chi connectivity index (χ3n) is 7.00. The van der Waals surface area contributed by atoms with Crippen LogP contribution < -0.4 is 0 Å². The van der Waals surface area contributed by atoms with Gasteiger partial charge in [-0.05, 0) is 38.3 Å². The summed E-state index contributed by atoms with van der Waals surface area (Å²) >= 11 is 1.43. The van der Waals surface area contributed by atoms with Gasteiger partial charge >= 0.3 is 12.1 Å². The summed E-state index contributed by atoms with van der Waals surface area (Å²) in [4.78, 5) is 45.6. The number of carbonyl (C=O) groups is 3. The lowest BCUT2D eigenvalue weighted by Crippen LogP contribution is -2.63. The SMILES string of the molecule is C=CCOC(=O)N1C[C@@H](SC2=C(C(=O)O)N3C(=O)[C@H]([C@@H](C)O)[C@H]3[C@H]2C)C[C@@H]1CCc1ccccn1. The number of fused-ring (bicyclic) bond motifs is 1. The molecule has 10 heteroatoms. The molecule has 0 radical (unpaired) electrons. The first-order valence-corrected chi connectivity index (χ1v) is 12.7. The number of nitrogens with zero attached hydrogens (tertiary/aromatic N) is 3. The molecule has 2 fully saturated rings. The van der Waals surface area contributed by atoms with Gasteiger partial charge in [0, 0.05) is 40.6 Å². The molecule has 188 valence electrons. The van der Waals surface area contributed by atoms with E-state index in [-0.39, 0.29) is 41.5 Å². The van der Waals surface area contributed by atoms with E-state index in [4.69, 9.17) is 4.74 Å². The molecule has 4 heterocycles. The first kappa shape index (κ1) is 25.2. The third-order valence-corrected chi connectivity index (χ3v) is 8.49. The number of aliphatic hydroxyl groups is 1. The van der Waals surface area contributed by atoms with Crippen molar-refractivity contribution in [3.8, 4) is 0 Å². The van der Waals surface area contributed by atoms with Crippen LogP contribution in [-0.2, 0) is 20.7 Å². The lowest BCUT2D eigenvalue weighted by atomic mass is 9.79. The second-order valence-corrected chi connectivity index (χ2v) is 10.6. The van der Waals surface area contributed by atoms with E-state index in [9.17, 15) is 24.6 Å². The monoisotopic (exact) mass is 501 g/mol. The number of rotatable bonds is 9. The molecule has 1 aromatic rings. The molecule has 4 rings (SSSR count). The Kier molecular flexibility index (Phi) is 7.51. The fraction of sp³-hybridized carbons (Fsp3) is 0.520. The van der Waals surface area contributed by atoms with E-state index in [2.05, 4.69) is 11.6 Å². The predicted molar refractivity (Wildman–Crippen MR) is 130 cm³/mol. The molecule has 1 aromatic heterocycles. The molecule has 0 bridgehead atoms. The fourth-order valence-electron chi connectivity index (χ4n) is 5.39. The van der Waals surface area contributed by atoms with Crippen molar-refractivity contribution in [3.05, 3.63) is 53.3 Å². The number of hydrogen-bond donors (Lipinski definition) is 2. The minimum absolute atomic E-state index is 0.00659. The molecule has 35 heavy (non-hydrogen) atoms. The number of aliphatic carboxylic acids is 1. The molecule has 0 spiro atoms. The normalized spacial score (nSPS) is 28.5. The Hall–Kier alpha value is -2.85. The van der Waals surface area contributed by atoms with Crippen LogP contribution in [0.15, 0.2) is 47.7 Å². The van der Waals surface area contributed by atoms with Gasteiger partial charge < -0.3 is 24.7 Å². The Labute approximate surface area is 208 Å². The van der Waals surface area contributed by atoms with Gasteiger partial charge in [0.2, 0.25) is 5.91 Å². The van der Waals surface area contributed by atoms with Crippen molar-refractivity contribution < 1.29 is 29.3 Å². The molecule has 0 aliphatic carbocycles. The van der Waals surface area contributed by atoms with E-state index >= 15 is 0 Å². The number of likely N-dealkylation sites (tertiary alicyclic amines) is 1. The Morgan fingerprint density at radius 1 is 1.40 bits per heavy atom. The van der Waals surface area contributed by atoms with Crippen LogP contribution >= 0.6 is 11.8 Å². The number of aryl methyl sites for hydroxylation is 1. The van der Waals surface area contributed by atoms with E-state index < -0.39 is 24.1 Å². The zero-order chi connectivity index (χ0) is 25.3. The van der Waals surface area contributed by atoms with E-state index in [0.717, 1.165) is 5.69 Å². The van der Waals surface area contributed by atoms with Gasteiger partial charge in [0.1, 0.15) is 12.3 Å². The Bertz CT molecular complexity index is 1030. The summed E-state index contributed by atoms with van der Waals surface area (Å²) in [7, 11) is 0. The van der Waals surface area contributed by atoms with Crippen LogP contribution in [0.25, 0.3) is 0 Å². The van der Waals surface area contributed by atoms with Crippen molar-refractivity contribution >= 4 is 29.7 Å². The number of aliphatic hydroxyl groups excluding tert-OH is 1. The molecule has 0 saturated carbocycles. The average molecular weight is 502 g/mol. The van der Waals surface area contributed by atoms with Crippen LogP contribution in [0.5, 0.6) is 0 Å². The van der Waals surface area contributed by atoms with Crippen LogP contribution in [0.4, 0.5) is 4.79 Å². The molecule has 0 aromatic carbocycles. The van der Waals surface area contributed by atoms with Crippen LogP contribution in [0.1, 0.15) is 32.4 Å². The largest absolute Gasteiger partial charge is 0.477 e. The Morgan fingerprint density at radius 2 is 2.17 bits per heavy atom. The van der Waals surface area contributed by atoms with E-state index in [1.165, 1.54) is 22.7 Å². The second kappa shape index (κ2) is 10.4. The van der Waals surface area contributed by atoms with Crippen LogP contribution in [-0.4, -0.2) is 79.6 Å². The van der Waals surface area contributed by atoms with Crippen LogP contribution in [0, 0.1) is 11.8 Å². The van der Waals surface area contributed by atoms with Crippen molar-refractivity contribution in [1.29, 1.82) is 0 Å². The van der Waals surface area contributed by atoms with Crippen molar-refractivity contribution in [3.63, 3.8) is 0 Å². The van der Waals surface area contributed by atoms with Gasteiger partial charge in [0.25, 0.3) is 0 Å².